The summed E-state index contributed by atoms with van der Waals surface area (Å²) in [7, 11) is 0. The number of unbranched alkanes of at least 4 members (excludes halogenated alkanes) is 1. The lowest BCUT2D eigenvalue weighted by molar-refractivity contribution is -0.143. The molecule has 2 aliphatic heterocycles. The van der Waals surface area contributed by atoms with E-state index < -0.39 is 11.9 Å². The molecule has 5 atom stereocenters. The van der Waals surface area contributed by atoms with Crippen LogP contribution in [-0.4, -0.2) is 52.1 Å². The number of nitrogens with one attached hydrogen (secondary N) is 3. The highest BCUT2D eigenvalue weighted by molar-refractivity contribution is 8.00. The molecule has 0 aromatic rings. The van der Waals surface area contributed by atoms with E-state index >= 15 is 0 Å². The molecule has 0 aromatic heterocycles. The van der Waals surface area contributed by atoms with E-state index in [9.17, 15) is 19.5 Å². The summed E-state index contributed by atoms with van der Waals surface area (Å²) >= 11 is 1.89. The fourth-order valence-electron chi connectivity index (χ4n) is 4.51. The number of aliphatic carboxylic acids is 1. The standard InChI is InChI=1S/C19H31N3O4S/c23-16(20-13-8-4-2-1-3-7-12(13)18(24)25)10-6-5-9-15-17-14(11-27-15)21-19(26)22-17/h12-15,17H,1-11H2,(H,20,23)(H,24,25)(H2,21,22,26)/t12?,13?,14-,15-,17-/m0/s1. The summed E-state index contributed by atoms with van der Waals surface area (Å²) in [6.45, 7) is 0. The Hall–Kier alpha value is -1.44. The molecule has 2 heterocycles. The van der Waals surface area contributed by atoms with Crippen LogP contribution in [0.25, 0.3) is 0 Å². The van der Waals surface area contributed by atoms with Gasteiger partial charge in [-0.05, 0) is 25.7 Å². The molecule has 3 rings (SSSR count). The Labute approximate surface area is 164 Å². The zero-order chi connectivity index (χ0) is 19.2. The lowest BCUT2D eigenvalue weighted by Crippen LogP contribution is -2.43. The summed E-state index contributed by atoms with van der Waals surface area (Å²) in [5.41, 5.74) is 0. The summed E-state index contributed by atoms with van der Waals surface area (Å²) in [4.78, 5) is 35.3. The van der Waals surface area contributed by atoms with E-state index in [4.69, 9.17) is 0 Å². The summed E-state index contributed by atoms with van der Waals surface area (Å²) < 4.78 is 0. The first-order valence-electron chi connectivity index (χ1n) is 10.3. The van der Waals surface area contributed by atoms with E-state index in [1.54, 1.807) is 0 Å². The van der Waals surface area contributed by atoms with Crippen LogP contribution in [0.2, 0.25) is 0 Å². The van der Waals surface area contributed by atoms with Gasteiger partial charge in [-0.25, -0.2) is 4.79 Å². The molecule has 2 saturated heterocycles. The van der Waals surface area contributed by atoms with Crippen LogP contribution in [0.5, 0.6) is 0 Å². The molecular weight excluding hydrogens is 366 g/mol. The van der Waals surface area contributed by atoms with E-state index in [0.717, 1.165) is 57.1 Å². The first kappa shape index (κ1) is 20.3. The molecule has 2 unspecified atom stereocenters. The molecule has 3 aliphatic rings. The number of carbonyl (C=O) groups is 3. The molecule has 27 heavy (non-hydrogen) atoms. The highest BCUT2D eigenvalue weighted by atomic mass is 32.2. The second-order valence-corrected chi connectivity index (χ2v) is 9.25. The number of urea groups is 1. The smallest absolute Gasteiger partial charge is 0.315 e. The van der Waals surface area contributed by atoms with Crippen LogP contribution in [0.4, 0.5) is 4.79 Å². The van der Waals surface area contributed by atoms with Gasteiger partial charge >= 0.3 is 12.0 Å². The molecule has 3 amide bonds. The summed E-state index contributed by atoms with van der Waals surface area (Å²) in [5, 5.41) is 18.8. The van der Waals surface area contributed by atoms with Crippen molar-refractivity contribution in [1.82, 2.24) is 16.0 Å². The van der Waals surface area contributed by atoms with Gasteiger partial charge < -0.3 is 21.1 Å². The molecule has 0 radical (unpaired) electrons. The van der Waals surface area contributed by atoms with E-state index in [-0.39, 0.29) is 30.1 Å². The third-order valence-electron chi connectivity index (χ3n) is 6.01. The highest BCUT2D eigenvalue weighted by Crippen LogP contribution is 2.33. The number of carbonyl (C=O) groups excluding carboxylic acids is 2. The lowest BCUT2D eigenvalue weighted by Gasteiger charge is -2.27. The molecule has 0 bridgehead atoms. The Morgan fingerprint density at radius 3 is 2.67 bits per heavy atom. The normalized spacial score (nSPS) is 33.3. The maximum Gasteiger partial charge on any atom is 0.315 e. The third-order valence-corrected chi connectivity index (χ3v) is 7.52. The molecule has 7 nitrogen and oxygen atoms in total. The van der Waals surface area contributed by atoms with Gasteiger partial charge in [0.1, 0.15) is 0 Å². The first-order valence-corrected chi connectivity index (χ1v) is 11.3. The van der Waals surface area contributed by atoms with Gasteiger partial charge in [-0.15, -0.1) is 0 Å². The van der Waals surface area contributed by atoms with Crippen molar-refractivity contribution < 1.29 is 19.5 Å². The van der Waals surface area contributed by atoms with Crippen molar-refractivity contribution in [2.24, 2.45) is 5.92 Å². The molecule has 3 fully saturated rings. The third kappa shape index (κ3) is 5.53. The average Bonchev–Trinajstić information content (AvgIpc) is 3.13. The van der Waals surface area contributed by atoms with Crippen LogP contribution in [0, 0.1) is 5.92 Å². The fourth-order valence-corrected chi connectivity index (χ4v) is 6.05. The minimum absolute atomic E-state index is 0.0281. The van der Waals surface area contributed by atoms with Gasteiger partial charge in [0.05, 0.1) is 18.0 Å². The molecule has 0 aromatic carbocycles. The Morgan fingerprint density at radius 2 is 1.89 bits per heavy atom. The predicted octanol–water partition coefficient (Wildman–Crippen LogP) is 2.25. The van der Waals surface area contributed by atoms with Crippen molar-refractivity contribution in [3.63, 3.8) is 0 Å². The Morgan fingerprint density at radius 1 is 1.11 bits per heavy atom. The quantitative estimate of drug-likeness (QED) is 0.389. The van der Waals surface area contributed by atoms with Crippen LogP contribution in [0.3, 0.4) is 0 Å². The van der Waals surface area contributed by atoms with E-state index in [1.165, 1.54) is 0 Å². The molecule has 1 saturated carbocycles. The number of thioether (sulfide) groups is 1. The van der Waals surface area contributed by atoms with Gasteiger partial charge in [-0.1, -0.05) is 32.1 Å². The fraction of sp³-hybridized carbons (Fsp3) is 0.842. The van der Waals surface area contributed by atoms with Crippen molar-refractivity contribution in [1.29, 1.82) is 0 Å². The Bertz CT molecular complexity index is 559. The first-order chi connectivity index (χ1) is 13.0. The lowest BCUT2D eigenvalue weighted by atomic mass is 9.86. The number of amides is 3. The van der Waals surface area contributed by atoms with E-state index in [1.807, 2.05) is 11.8 Å². The van der Waals surface area contributed by atoms with Gasteiger partial charge in [0.15, 0.2) is 0 Å². The van der Waals surface area contributed by atoms with Crippen molar-refractivity contribution in [3.05, 3.63) is 0 Å². The predicted molar refractivity (Wildman–Crippen MR) is 105 cm³/mol. The molecule has 1 aliphatic carbocycles. The second-order valence-electron chi connectivity index (χ2n) is 7.98. The van der Waals surface area contributed by atoms with Crippen LogP contribution in [0.1, 0.15) is 64.2 Å². The summed E-state index contributed by atoms with van der Waals surface area (Å²) in [5.74, 6) is -0.325. The number of rotatable bonds is 7. The van der Waals surface area contributed by atoms with Gasteiger partial charge in [0.25, 0.3) is 0 Å². The van der Waals surface area contributed by atoms with Crippen molar-refractivity contribution in [3.8, 4) is 0 Å². The van der Waals surface area contributed by atoms with Crippen LogP contribution in [-0.2, 0) is 9.59 Å². The molecule has 0 spiro atoms. The van der Waals surface area contributed by atoms with Crippen LogP contribution in [0.15, 0.2) is 0 Å². The number of hydrogen-bond donors (Lipinski definition) is 4. The molecule has 4 N–H and O–H groups in total. The number of carboxylic acid groups (broad SMARTS) is 1. The zero-order valence-electron chi connectivity index (χ0n) is 15.7. The number of fused-ring (bicyclic) bond motifs is 1. The van der Waals surface area contributed by atoms with Gasteiger partial charge in [0, 0.05) is 23.5 Å². The Kier molecular flexibility index (Phi) is 7.26. The summed E-state index contributed by atoms with van der Waals surface area (Å²) in [6.07, 6.45) is 8.70. The van der Waals surface area contributed by atoms with Gasteiger partial charge in [-0.3, -0.25) is 9.59 Å². The second kappa shape index (κ2) is 9.66. The zero-order valence-corrected chi connectivity index (χ0v) is 16.6. The topological polar surface area (TPSA) is 108 Å². The average molecular weight is 398 g/mol. The highest BCUT2D eigenvalue weighted by Gasteiger charge is 2.42. The number of carboxylic acids is 1. The van der Waals surface area contributed by atoms with Crippen LogP contribution < -0.4 is 16.0 Å². The van der Waals surface area contributed by atoms with E-state index in [2.05, 4.69) is 16.0 Å². The Balaban J connectivity index is 1.37. The maximum absolute atomic E-state index is 12.3. The summed E-state index contributed by atoms with van der Waals surface area (Å²) in [6, 6.07) is 0.147. The maximum atomic E-state index is 12.3. The van der Waals surface area contributed by atoms with Crippen molar-refractivity contribution in [2.45, 2.75) is 87.6 Å². The van der Waals surface area contributed by atoms with Gasteiger partial charge in [-0.2, -0.15) is 11.8 Å². The van der Waals surface area contributed by atoms with E-state index in [0.29, 0.717) is 18.1 Å². The molecule has 8 heteroatoms. The number of hydrogen-bond acceptors (Lipinski definition) is 4. The largest absolute Gasteiger partial charge is 0.481 e. The minimum Gasteiger partial charge on any atom is -0.481 e. The SMILES string of the molecule is O=C(CCCC[C@@H]1SC[C@@H]2NC(=O)N[C@@H]21)NC1CCCCCCC1C(=O)O. The van der Waals surface area contributed by atoms with Gasteiger partial charge in [0.2, 0.25) is 5.91 Å². The molecular formula is C19H31N3O4S. The van der Waals surface area contributed by atoms with Crippen molar-refractivity contribution >= 4 is 29.7 Å². The monoisotopic (exact) mass is 397 g/mol. The van der Waals surface area contributed by atoms with Crippen LogP contribution >= 0.6 is 11.8 Å². The van der Waals surface area contributed by atoms with Crippen molar-refractivity contribution in [2.75, 3.05) is 5.75 Å². The molecule has 152 valence electrons. The minimum atomic E-state index is -0.790.